The number of halogens is 1. The largest absolute Gasteiger partial charge is 0.496 e. The van der Waals surface area contributed by atoms with Gasteiger partial charge in [0.15, 0.2) is 10.9 Å². The maximum absolute atomic E-state index is 13.0. The lowest BCUT2D eigenvalue weighted by molar-refractivity contribution is -0.0402. The van der Waals surface area contributed by atoms with Crippen molar-refractivity contribution in [2.75, 3.05) is 39.7 Å². The van der Waals surface area contributed by atoms with Gasteiger partial charge in [-0.1, -0.05) is 11.6 Å². The van der Waals surface area contributed by atoms with E-state index in [1.807, 2.05) is 24.5 Å². The van der Waals surface area contributed by atoms with Gasteiger partial charge in [0.1, 0.15) is 18.5 Å². The molecule has 0 aliphatic carbocycles. The van der Waals surface area contributed by atoms with E-state index >= 15 is 0 Å². The highest BCUT2D eigenvalue weighted by Crippen LogP contribution is 2.27. The number of carbonyl (C=O) groups is 1. The highest BCUT2D eigenvalue weighted by Gasteiger charge is 2.27. The molecule has 1 amide bonds. The van der Waals surface area contributed by atoms with Gasteiger partial charge >= 0.3 is 0 Å². The smallest absolute Gasteiger partial charge is 0.257 e. The van der Waals surface area contributed by atoms with Crippen LogP contribution in [0.25, 0.3) is 0 Å². The molecule has 0 spiro atoms. The zero-order valence-corrected chi connectivity index (χ0v) is 16.8. The van der Waals surface area contributed by atoms with Crippen molar-refractivity contribution in [1.82, 2.24) is 9.88 Å². The Bertz CT molecular complexity index is 805. The van der Waals surface area contributed by atoms with Gasteiger partial charge in [0.05, 0.1) is 25.8 Å². The number of hydrogen-bond acceptors (Lipinski definition) is 6. The molecule has 0 bridgehead atoms. The molecule has 1 atom stereocenters. The second kappa shape index (κ2) is 9.30. The Morgan fingerprint density at radius 2 is 2.26 bits per heavy atom. The number of rotatable bonds is 6. The molecule has 144 valence electrons. The number of aromatic nitrogens is 1. The van der Waals surface area contributed by atoms with Crippen molar-refractivity contribution in [3.63, 3.8) is 0 Å². The van der Waals surface area contributed by atoms with Gasteiger partial charge in [-0.05, 0) is 36.6 Å². The van der Waals surface area contributed by atoms with Crippen LogP contribution >= 0.6 is 23.4 Å². The molecule has 1 unspecified atom stereocenters. The lowest BCUT2D eigenvalue weighted by Gasteiger charge is -2.33. The molecule has 1 aromatic carbocycles. The quantitative estimate of drug-likeness (QED) is 0.539. The second-order valence-electron chi connectivity index (χ2n) is 5.91. The van der Waals surface area contributed by atoms with Crippen molar-refractivity contribution in [2.45, 2.75) is 11.0 Å². The number of amides is 1. The van der Waals surface area contributed by atoms with E-state index in [0.717, 1.165) is 4.90 Å². The molecule has 0 N–H and O–H groups in total. The summed E-state index contributed by atoms with van der Waals surface area (Å²) < 4.78 is 16.8. The third-order valence-corrected chi connectivity index (χ3v) is 5.22. The Labute approximate surface area is 167 Å². The van der Waals surface area contributed by atoms with Crippen LogP contribution in [0.5, 0.6) is 11.5 Å². The van der Waals surface area contributed by atoms with Gasteiger partial charge in [-0.25, -0.2) is 4.98 Å². The van der Waals surface area contributed by atoms with Crippen LogP contribution in [0.2, 0.25) is 5.15 Å². The summed E-state index contributed by atoms with van der Waals surface area (Å²) in [6, 6.07) is 9.11. The Morgan fingerprint density at radius 3 is 3.00 bits per heavy atom. The summed E-state index contributed by atoms with van der Waals surface area (Å²) >= 11 is 7.61. The number of methoxy groups -OCH3 is 1. The first-order chi connectivity index (χ1) is 13.1. The van der Waals surface area contributed by atoms with E-state index in [4.69, 9.17) is 25.8 Å². The van der Waals surface area contributed by atoms with Gasteiger partial charge in [-0.15, -0.1) is 11.8 Å². The third kappa shape index (κ3) is 4.86. The summed E-state index contributed by atoms with van der Waals surface area (Å²) in [6.07, 6.45) is 3.34. The summed E-state index contributed by atoms with van der Waals surface area (Å²) in [5, 5.41) is 0.305. The van der Waals surface area contributed by atoms with Crippen molar-refractivity contribution < 1.29 is 19.0 Å². The number of morpholine rings is 1. The van der Waals surface area contributed by atoms with Crippen LogP contribution < -0.4 is 9.47 Å². The maximum atomic E-state index is 13.0. The van der Waals surface area contributed by atoms with Gasteiger partial charge < -0.3 is 19.1 Å². The van der Waals surface area contributed by atoms with Gasteiger partial charge in [-0.3, -0.25) is 4.79 Å². The fourth-order valence-electron chi connectivity index (χ4n) is 2.81. The third-order valence-electron chi connectivity index (χ3n) is 4.21. The maximum Gasteiger partial charge on any atom is 0.257 e. The summed E-state index contributed by atoms with van der Waals surface area (Å²) in [7, 11) is 1.57. The van der Waals surface area contributed by atoms with E-state index in [1.165, 1.54) is 0 Å². The average molecular weight is 409 g/mol. The first-order valence-electron chi connectivity index (χ1n) is 8.48. The van der Waals surface area contributed by atoms with Crippen LogP contribution in [0.4, 0.5) is 0 Å². The SMILES string of the molecule is COc1cc(SC)ccc1C(=O)N1CCOC(COc2cccnc2Cl)C1. The fraction of sp³-hybridized carbons (Fsp3) is 0.368. The molecule has 0 saturated carbocycles. The molecule has 3 rings (SSSR count). The lowest BCUT2D eigenvalue weighted by Crippen LogP contribution is -2.47. The number of ether oxygens (including phenoxy) is 3. The minimum absolute atomic E-state index is 0.0767. The molecule has 2 heterocycles. The van der Waals surface area contributed by atoms with Crippen molar-refractivity contribution in [3.05, 3.63) is 47.2 Å². The molecule has 1 aliphatic heterocycles. The zero-order valence-electron chi connectivity index (χ0n) is 15.2. The van der Waals surface area contributed by atoms with Crippen molar-refractivity contribution >= 4 is 29.3 Å². The van der Waals surface area contributed by atoms with Crippen molar-refractivity contribution in [3.8, 4) is 11.5 Å². The number of pyridine rings is 1. The van der Waals surface area contributed by atoms with E-state index in [-0.39, 0.29) is 18.6 Å². The van der Waals surface area contributed by atoms with E-state index in [1.54, 1.807) is 42.1 Å². The Balaban J connectivity index is 1.65. The number of carbonyl (C=O) groups excluding carboxylic acids is 1. The number of hydrogen-bond donors (Lipinski definition) is 0. The molecular formula is C19H21ClN2O4S. The van der Waals surface area contributed by atoms with Crippen LogP contribution in [0, 0.1) is 0 Å². The van der Waals surface area contributed by atoms with Crippen LogP contribution in [0.1, 0.15) is 10.4 Å². The number of benzene rings is 1. The van der Waals surface area contributed by atoms with Gasteiger partial charge in [0.25, 0.3) is 5.91 Å². The Hall–Kier alpha value is -1.96. The molecular weight excluding hydrogens is 388 g/mol. The summed E-state index contributed by atoms with van der Waals surface area (Å²) in [4.78, 5) is 19.8. The summed E-state index contributed by atoms with van der Waals surface area (Å²) in [5.74, 6) is 1.00. The average Bonchev–Trinajstić information content (AvgIpc) is 2.72. The van der Waals surface area contributed by atoms with Gasteiger partial charge in [0, 0.05) is 17.6 Å². The normalized spacial score (nSPS) is 16.9. The molecule has 0 radical (unpaired) electrons. The van der Waals surface area contributed by atoms with E-state index in [9.17, 15) is 4.79 Å². The lowest BCUT2D eigenvalue weighted by atomic mass is 10.1. The second-order valence-corrected chi connectivity index (χ2v) is 7.15. The van der Waals surface area contributed by atoms with Crippen LogP contribution in [-0.2, 0) is 4.74 Å². The van der Waals surface area contributed by atoms with E-state index in [0.29, 0.717) is 41.9 Å². The van der Waals surface area contributed by atoms with E-state index in [2.05, 4.69) is 4.98 Å². The van der Waals surface area contributed by atoms with Gasteiger partial charge in [0.2, 0.25) is 0 Å². The van der Waals surface area contributed by atoms with Crippen LogP contribution in [0.15, 0.2) is 41.4 Å². The Kier molecular flexibility index (Phi) is 6.82. The first kappa shape index (κ1) is 19.8. The first-order valence-corrected chi connectivity index (χ1v) is 10.1. The molecule has 1 aromatic heterocycles. The van der Waals surface area contributed by atoms with Crippen LogP contribution in [0.3, 0.4) is 0 Å². The molecule has 1 fully saturated rings. The predicted octanol–water partition coefficient (Wildman–Crippen LogP) is 3.39. The van der Waals surface area contributed by atoms with E-state index < -0.39 is 0 Å². The fourth-order valence-corrected chi connectivity index (χ4v) is 3.41. The molecule has 27 heavy (non-hydrogen) atoms. The topological polar surface area (TPSA) is 60.9 Å². The molecule has 1 saturated heterocycles. The van der Waals surface area contributed by atoms with Crippen molar-refractivity contribution in [2.24, 2.45) is 0 Å². The summed E-state index contributed by atoms with van der Waals surface area (Å²) in [5.41, 5.74) is 0.548. The molecule has 8 heteroatoms. The summed E-state index contributed by atoms with van der Waals surface area (Å²) in [6.45, 7) is 1.70. The monoisotopic (exact) mass is 408 g/mol. The van der Waals surface area contributed by atoms with Crippen LogP contribution in [-0.4, -0.2) is 61.6 Å². The zero-order chi connectivity index (χ0) is 19.2. The Morgan fingerprint density at radius 1 is 1.41 bits per heavy atom. The number of thioether (sulfide) groups is 1. The standard InChI is InChI=1S/C19H21ClN2O4S/c1-24-17-10-14(27-2)5-6-15(17)19(23)22-8-9-25-13(11-22)12-26-16-4-3-7-21-18(16)20/h3-7,10,13H,8-9,11-12H2,1-2H3. The number of nitrogens with zero attached hydrogens (tertiary/aromatic N) is 2. The molecule has 2 aromatic rings. The molecule has 6 nitrogen and oxygen atoms in total. The molecule has 1 aliphatic rings. The van der Waals surface area contributed by atoms with Gasteiger partial charge in [-0.2, -0.15) is 0 Å². The minimum Gasteiger partial charge on any atom is -0.496 e. The highest BCUT2D eigenvalue weighted by atomic mass is 35.5. The van der Waals surface area contributed by atoms with Crippen molar-refractivity contribution in [1.29, 1.82) is 0 Å². The predicted molar refractivity (Wildman–Crippen MR) is 105 cm³/mol. The minimum atomic E-state index is -0.240. The highest BCUT2D eigenvalue weighted by molar-refractivity contribution is 7.98.